The summed E-state index contributed by atoms with van der Waals surface area (Å²) in [6, 6.07) is 10.3. The molecule has 0 bridgehead atoms. The van der Waals surface area contributed by atoms with Gasteiger partial charge in [0.25, 0.3) is 0 Å². The highest BCUT2D eigenvalue weighted by molar-refractivity contribution is 5.29. The highest BCUT2D eigenvalue weighted by Crippen LogP contribution is 2.10. The van der Waals surface area contributed by atoms with Crippen molar-refractivity contribution in [3.63, 3.8) is 0 Å². The zero-order valence-electron chi connectivity index (χ0n) is 8.12. The summed E-state index contributed by atoms with van der Waals surface area (Å²) in [5, 5.41) is 8.61. The van der Waals surface area contributed by atoms with Gasteiger partial charge in [-0.2, -0.15) is 5.26 Å². The summed E-state index contributed by atoms with van der Waals surface area (Å²) in [6.07, 6.45) is 0.504. The number of nitriles is 1. The zero-order valence-corrected chi connectivity index (χ0v) is 8.12. The molecule has 2 nitrogen and oxygen atoms in total. The molecule has 0 aliphatic heterocycles. The predicted octanol–water partition coefficient (Wildman–Crippen LogP) is 1.81. The molecule has 0 amide bonds. The molecule has 0 N–H and O–H groups in total. The summed E-state index contributed by atoms with van der Waals surface area (Å²) in [5.74, 6) is 0. The first-order chi connectivity index (χ1) is 6.24. The van der Waals surface area contributed by atoms with E-state index in [0.29, 0.717) is 6.42 Å². The van der Waals surface area contributed by atoms with Gasteiger partial charge in [-0.05, 0) is 25.2 Å². The van der Waals surface area contributed by atoms with Gasteiger partial charge in [-0.1, -0.05) is 24.3 Å². The van der Waals surface area contributed by atoms with E-state index in [4.69, 9.17) is 5.26 Å². The second kappa shape index (κ2) is 4.64. The fraction of sp³-hybridized carbons (Fsp3) is 0.364. The van der Waals surface area contributed by atoms with Gasteiger partial charge in [0.1, 0.15) is 0 Å². The van der Waals surface area contributed by atoms with Gasteiger partial charge in [0.2, 0.25) is 0 Å². The third-order valence-corrected chi connectivity index (χ3v) is 1.87. The molecule has 1 rings (SSSR count). The molecular formula is C11H14N2. The normalized spacial score (nSPS) is 10.0. The summed E-state index contributed by atoms with van der Waals surface area (Å²) in [7, 11) is 4.06. The molecule has 1 aromatic rings. The quantitative estimate of drug-likeness (QED) is 0.698. The largest absolute Gasteiger partial charge is 0.305 e. The maximum Gasteiger partial charge on any atom is 0.0669 e. The van der Waals surface area contributed by atoms with E-state index in [1.165, 1.54) is 5.56 Å². The van der Waals surface area contributed by atoms with E-state index in [9.17, 15) is 0 Å². The van der Waals surface area contributed by atoms with Crippen LogP contribution in [0.2, 0.25) is 0 Å². The van der Waals surface area contributed by atoms with Crippen LogP contribution in [0.25, 0.3) is 0 Å². The number of benzene rings is 1. The molecule has 0 aliphatic rings. The van der Waals surface area contributed by atoms with Crippen LogP contribution in [0.3, 0.4) is 0 Å². The lowest BCUT2D eigenvalue weighted by Gasteiger charge is -2.12. The summed E-state index contributed by atoms with van der Waals surface area (Å²) >= 11 is 0. The average Bonchev–Trinajstić information content (AvgIpc) is 2.08. The smallest absolute Gasteiger partial charge is 0.0669 e. The van der Waals surface area contributed by atoms with Gasteiger partial charge in [-0.25, -0.2) is 0 Å². The predicted molar refractivity (Wildman–Crippen MR) is 53.2 cm³/mol. The zero-order chi connectivity index (χ0) is 9.68. The van der Waals surface area contributed by atoms with Crippen molar-refractivity contribution in [3.8, 4) is 6.07 Å². The molecule has 0 heterocycles. The van der Waals surface area contributed by atoms with Crippen molar-refractivity contribution in [1.82, 2.24) is 4.90 Å². The van der Waals surface area contributed by atoms with Gasteiger partial charge < -0.3 is 4.90 Å². The van der Waals surface area contributed by atoms with E-state index in [2.05, 4.69) is 17.0 Å². The third kappa shape index (κ3) is 2.89. The average molecular weight is 174 g/mol. The number of nitrogens with zero attached hydrogens (tertiary/aromatic N) is 2. The molecule has 0 atom stereocenters. The molecule has 0 spiro atoms. The van der Waals surface area contributed by atoms with Gasteiger partial charge in [0.05, 0.1) is 12.5 Å². The highest BCUT2D eigenvalue weighted by atomic mass is 15.0. The fourth-order valence-electron chi connectivity index (χ4n) is 1.31. The minimum atomic E-state index is 0.504. The topological polar surface area (TPSA) is 27.0 Å². The second-order valence-corrected chi connectivity index (χ2v) is 3.34. The van der Waals surface area contributed by atoms with Gasteiger partial charge in [-0.15, -0.1) is 0 Å². The number of hydrogen-bond donors (Lipinski definition) is 0. The van der Waals surface area contributed by atoms with Crippen molar-refractivity contribution in [2.45, 2.75) is 13.0 Å². The Morgan fingerprint density at radius 2 is 1.85 bits per heavy atom. The number of hydrogen-bond acceptors (Lipinski definition) is 2. The van der Waals surface area contributed by atoms with Crippen molar-refractivity contribution >= 4 is 0 Å². The molecule has 13 heavy (non-hydrogen) atoms. The molecule has 0 unspecified atom stereocenters. The molecular weight excluding hydrogens is 160 g/mol. The lowest BCUT2D eigenvalue weighted by Crippen LogP contribution is -2.12. The van der Waals surface area contributed by atoms with Gasteiger partial charge in [-0.3, -0.25) is 0 Å². The van der Waals surface area contributed by atoms with Crippen LogP contribution in [0, 0.1) is 11.3 Å². The van der Waals surface area contributed by atoms with Crippen molar-refractivity contribution in [2.75, 3.05) is 14.1 Å². The fourth-order valence-corrected chi connectivity index (χ4v) is 1.31. The molecule has 0 aromatic heterocycles. The third-order valence-electron chi connectivity index (χ3n) is 1.87. The molecule has 0 saturated carbocycles. The Hall–Kier alpha value is -1.33. The SMILES string of the molecule is CN(C)Cc1ccccc1CC#N. The molecule has 0 fully saturated rings. The van der Waals surface area contributed by atoms with Crippen LogP contribution >= 0.6 is 0 Å². The summed E-state index contributed by atoms with van der Waals surface area (Å²) < 4.78 is 0. The van der Waals surface area contributed by atoms with Gasteiger partial charge in [0, 0.05) is 6.54 Å². The first-order valence-electron chi connectivity index (χ1n) is 4.32. The van der Waals surface area contributed by atoms with Crippen LogP contribution in [0.5, 0.6) is 0 Å². The lowest BCUT2D eigenvalue weighted by atomic mass is 10.1. The Kier molecular flexibility index (Phi) is 3.48. The van der Waals surface area contributed by atoms with Crippen LogP contribution < -0.4 is 0 Å². The summed E-state index contributed by atoms with van der Waals surface area (Å²) in [6.45, 7) is 0.901. The Morgan fingerprint density at radius 1 is 1.23 bits per heavy atom. The van der Waals surface area contributed by atoms with Crippen molar-refractivity contribution < 1.29 is 0 Å². The lowest BCUT2D eigenvalue weighted by molar-refractivity contribution is 0.401. The van der Waals surface area contributed by atoms with Gasteiger partial charge in [0.15, 0.2) is 0 Å². The van der Waals surface area contributed by atoms with E-state index >= 15 is 0 Å². The molecule has 68 valence electrons. The van der Waals surface area contributed by atoms with Crippen LogP contribution in [0.1, 0.15) is 11.1 Å². The molecule has 0 aliphatic carbocycles. The Labute approximate surface area is 79.4 Å². The van der Waals surface area contributed by atoms with E-state index in [-0.39, 0.29) is 0 Å². The van der Waals surface area contributed by atoms with Crippen LogP contribution in [-0.2, 0) is 13.0 Å². The summed E-state index contributed by atoms with van der Waals surface area (Å²) in [5.41, 5.74) is 2.38. The second-order valence-electron chi connectivity index (χ2n) is 3.34. The van der Waals surface area contributed by atoms with Crippen molar-refractivity contribution in [2.24, 2.45) is 0 Å². The molecule has 0 saturated heterocycles. The van der Waals surface area contributed by atoms with Crippen LogP contribution in [0.15, 0.2) is 24.3 Å². The minimum Gasteiger partial charge on any atom is -0.305 e. The van der Waals surface area contributed by atoms with Crippen molar-refractivity contribution in [3.05, 3.63) is 35.4 Å². The molecule has 0 radical (unpaired) electrons. The molecule has 1 aromatic carbocycles. The highest BCUT2D eigenvalue weighted by Gasteiger charge is 2.01. The Morgan fingerprint density at radius 3 is 2.38 bits per heavy atom. The van der Waals surface area contributed by atoms with E-state index in [1.54, 1.807) is 0 Å². The first kappa shape index (κ1) is 9.76. The van der Waals surface area contributed by atoms with Crippen molar-refractivity contribution in [1.29, 1.82) is 5.26 Å². The Balaban J connectivity index is 2.85. The van der Waals surface area contributed by atoms with E-state index < -0.39 is 0 Å². The first-order valence-corrected chi connectivity index (χ1v) is 4.32. The standard InChI is InChI=1S/C11H14N2/c1-13(2)9-11-6-4-3-5-10(11)7-8-12/h3-6H,7,9H2,1-2H3. The van der Waals surface area contributed by atoms with E-state index in [0.717, 1.165) is 12.1 Å². The molecule has 2 heteroatoms. The number of rotatable bonds is 3. The Bertz CT molecular complexity index is 310. The minimum absolute atomic E-state index is 0.504. The van der Waals surface area contributed by atoms with Crippen LogP contribution in [0.4, 0.5) is 0 Å². The van der Waals surface area contributed by atoms with Crippen LogP contribution in [-0.4, -0.2) is 19.0 Å². The van der Waals surface area contributed by atoms with E-state index in [1.807, 2.05) is 32.3 Å². The van der Waals surface area contributed by atoms with Gasteiger partial charge >= 0.3 is 0 Å². The maximum atomic E-state index is 8.61. The maximum absolute atomic E-state index is 8.61. The monoisotopic (exact) mass is 174 g/mol. The summed E-state index contributed by atoms with van der Waals surface area (Å²) in [4.78, 5) is 2.11.